The van der Waals surface area contributed by atoms with E-state index >= 15 is 0 Å². The largest absolute Gasteiger partial charge is 0.449 e. The number of aromatic nitrogens is 2. The lowest BCUT2D eigenvalue weighted by Crippen LogP contribution is -2.29. The quantitative estimate of drug-likeness (QED) is 0.224. The van der Waals surface area contributed by atoms with Crippen LogP contribution in [0.25, 0.3) is 23.0 Å². The van der Waals surface area contributed by atoms with Gasteiger partial charge < -0.3 is 15.4 Å². The van der Waals surface area contributed by atoms with Crippen molar-refractivity contribution in [3.05, 3.63) is 102 Å². The lowest BCUT2D eigenvalue weighted by atomic mass is 10.1. The standard InChI is InChI=1S/C29H25ClN4O4/c1-19(29(37)32-25-14-12-24(13-15-25)31-20(2)35)38-27(36)16-11-22-18-34(26-9-4-3-5-10-26)33-28(22)21-7-6-8-23(30)17-21/h3-19H,1-2H3,(H,31,35)(H,32,37)/b16-11+/t19-/m1/s1. The number of benzene rings is 3. The van der Waals surface area contributed by atoms with E-state index in [0.29, 0.717) is 27.7 Å². The van der Waals surface area contributed by atoms with Crippen LogP contribution >= 0.6 is 11.6 Å². The first kappa shape index (κ1) is 26.4. The smallest absolute Gasteiger partial charge is 0.331 e. The highest BCUT2D eigenvalue weighted by Crippen LogP contribution is 2.27. The first-order valence-electron chi connectivity index (χ1n) is 11.8. The second kappa shape index (κ2) is 12.0. The van der Waals surface area contributed by atoms with Crippen molar-refractivity contribution in [2.75, 3.05) is 10.6 Å². The number of hydrogen-bond donors (Lipinski definition) is 2. The molecule has 0 unspecified atom stereocenters. The number of ether oxygens (including phenoxy) is 1. The molecule has 4 rings (SSSR count). The van der Waals surface area contributed by atoms with Gasteiger partial charge in [0.05, 0.1) is 5.69 Å². The molecule has 2 N–H and O–H groups in total. The van der Waals surface area contributed by atoms with Crippen molar-refractivity contribution in [2.45, 2.75) is 20.0 Å². The van der Waals surface area contributed by atoms with Crippen LogP contribution in [0.15, 0.2) is 91.1 Å². The summed E-state index contributed by atoms with van der Waals surface area (Å²) in [7, 11) is 0. The fourth-order valence-electron chi connectivity index (χ4n) is 3.59. The summed E-state index contributed by atoms with van der Waals surface area (Å²) in [4.78, 5) is 36.2. The Bertz CT molecular complexity index is 1480. The molecule has 0 saturated carbocycles. The number of carbonyl (C=O) groups is 3. The van der Waals surface area contributed by atoms with Crippen molar-refractivity contribution in [1.29, 1.82) is 0 Å². The summed E-state index contributed by atoms with van der Waals surface area (Å²) >= 11 is 6.19. The summed E-state index contributed by atoms with van der Waals surface area (Å²) in [5.74, 6) is -1.36. The molecule has 0 spiro atoms. The number of esters is 1. The van der Waals surface area contributed by atoms with Gasteiger partial charge in [0.1, 0.15) is 5.69 Å². The summed E-state index contributed by atoms with van der Waals surface area (Å²) in [5, 5.41) is 10.6. The number of carbonyl (C=O) groups excluding carboxylic acids is 3. The van der Waals surface area contributed by atoms with Gasteiger partial charge in [-0.05, 0) is 61.5 Å². The maximum Gasteiger partial charge on any atom is 0.331 e. The predicted molar refractivity (Wildman–Crippen MR) is 148 cm³/mol. The number of nitrogens with one attached hydrogen (secondary N) is 2. The van der Waals surface area contributed by atoms with Crippen molar-refractivity contribution < 1.29 is 19.1 Å². The van der Waals surface area contributed by atoms with E-state index in [1.807, 2.05) is 42.5 Å². The van der Waals surface area contributed by atoms with Crippen LogP contribution in [-0.4, -0.2) is 33.7 Å². The predicted octanol–water partition coefficient (Wildman–Crippen LogP) is 5.73. The summed E-state index contributed by atoms with van der Waals surface area (Å²) in [6.45, 7) is 2.89. The summed E-state index contributed by atoms with van der Waals surface area (Å²) < 4.78 is 7.01. The number of nitrogens with zero attached hydrogens (tertiary/aromatic N) is 2. The summed E-state index contributed by atoms with van der Waals surface area (Å²) in [6, 6.07) is 23.4. The molecule has 0 aliphatic carbocycles. The average Bonchev–Trinajstić information content (AvgIpc) is 3.33. The van der Waals surface area contributed by atoms with E-state index in [4.69, 9.17) is 21.4 Å². The third kappa shape index (κ3) is 6.96. The lowest BCUT2D eigenvalue weighted by molar-refractivity contribution is -0.148. The maximum absolute atomic E-state index is 12.5. The fraction of sp³-hybridized carbons (Fsp3) is 0.103. The van der Waals surface area contributed by atoms with Gasteiger partial charge in [0, 0.05) is 46.7 Å². The van der Waals surface area contributed by atoms with Crippen LogP contribution in [0.2, 0.25) is 5.02 Å². The van der Waals surface area contributed by atoms with Gasteiger partial charge in [0.25, 0.3) is 5.91 Å². The number of amides is 2. The third-order valence-electron chi connectivity index (χ3n) is 5.40. The fourth-order valence-corrected chi connectivity index (χ4v) is 3.78. The first-order valence-corrected chi connectivity index (χ1v) is 12.1. The van der Waals surface area contributed by atoms with Crippen LogP contribution < -0.4 is 10.6 Å². The molecule has 1 aromatic heterocycles. The molecule has 1 atom stereocenters. The number of rotatable bonds is 8. The van der Waals surface area contributed by atoms with Gasteiger partial charge in [-0.15, -0.1) is 0 Å². The van der Waals surface area contributed by atoms with Gasteiger partial charge in [-0.25, -0.2) is 9.48 Å². The Kier molecular flexibility index (Phi) is 8.35. The van der Waals surface area contributed by atoms with Crippen molar-refractivity contribution in [2.24, 2.45) is 0 Å². The van der Waals surface area contributed by atoms with Crippen molar-refractivity contribution in [1.82, 2.24) is 9.78 Å². The highest BCUT2D eigenvalue weighted by molar-refractivity contribution is 6.30. The molecule has 0 aliphatic heterocycles. The maximum atomic E-state index is 12.5. The van der Waals surface area contributed by atoms with Crippen molar-refractivity contribution in [3.63, 3.8) is 0 Å². The molecule has 0 aliphatic rings. The van der Waals surface area contributed by atoms with Gasteiger partial charge >= 0.3 is 5.97 Å². The van der Waals surface area contributed by atoms with Crippen molar-refractivity contribution in [3.8, 4) is 16.9 Å². The Morgan fingerprint density at radius 2 is 1.63 bits per heavy atom. The third-order valence-corrected chi connectivity index (χ3v) is 5.63. The topological polar surface area (TPSA) is 102 Å². The van der Waals surface area contributed by atoms with Crippen LogP contribution in [0.5, 0.6) is 0 Å². The molecular weight excluding hydrogens is 504 g/mol. The van der Waals surface area contributed by atoms with E-state index < -0.39 is 18.0 Å². The SMILES string of the molecule is CC(=O)Nc1ccc(NC(=O)[C@@H](C)OC(=O)/C=C/c2cn(-c3ccccc3)nc2-c2cccc(Cl)c2)cc1. The van der Waals surface area contributed by atoms with E-state index in [1.165, 1.54) is 19.9 Å². The van der Waals surface area contributed by atoms with Gasteiger partial charge in [-0.3, -0.25) is 9.59 Å². The Balaban J connectivity index is 1.45. The number of hydrogen-bond acceptors (Lipinski definition) is 5. The minimum atomic E-state index is -1.04. The van der Waals surface area contributed by atoms with Gasteiger partial charge in [-0.1, -0.05) is 41.9 Å². The highest BCUT2D eigenvalue weighted by Gasteiger charge is 2.17. The minimum absolute atomic E-state index is 0.192. The average molecular weight is 529 g/mol. The van der Waals surface area contributed by atoms with E-state index in [9.17, 15) is 14.4 Å². The second-order valence-corrected chi connectivity index (χ2v) is 8.82. The molecular formula is C29H25ClN4O4. The van der Waals surface area contributed by atoms with E-state index in [1.54, 1.807) is 53.4 Å². The summed E-state index contributed by atoms with van der Waals surface area (Å²) in [5.41, 5.74) is 4.05. The van der Waals surface area contributed by atoms with Gasteiger partial charge in [0.15, 0.2) is 6.10 Å². The van der Waals surface area contributed by atoms with Gasteiger partial charge in [0.2, 0.25) is 5.91 Å². The van der Waals surface area contributed by atoms with Gasteiger partial charge in [-0.2, -0.15) is 5.10 Å². The monoisotopic (exact) mass is 528 g/mol. The summed E-state index contributed by atoms with van der Waals surface area (Å²) in [6.07, 6.45) is 3.61. The van der Waals surface area contributed by atoms with Crippen LogP contribution in [-0.2, 0) is 19.1 Å². The molecule has 0 radical (unpaired) electrons. The van der Waals surface area contributed by atoms with Crippen LogP contribution in [0.3, 0.4) is 0 Å². The van der Waals surface area contributed by atoms with Crippen molar-refractivity contribution >= 4 is 46.8 Å². The lowest BCUT2D eigenvalue weighted by Gasteiger charge is -2.12. The first-order chi connectivity index (χ1) is 18.3. The van der Waals surface area contributed by atoms with Crippen LogP contribution in [0, 0.1) is 0 Å². The normalized spacial score (nSPS) is 11.7. The zero-order valence-electron chi connectivity index (χ0n) is 20.7. The number of anilines is 2. The molecule has 0 bridgehead atoms. The molecule has 192 valence electrons. The second-order valence-electron chi connectivity index (χ2n) is 8.38. The molecule has 3 aromatic carbocycles. The molecule has 2 amide bonds. The van der Waals surface area contributed by atoms with Crippen LogP contribution in [0.4, 0.5) is 11.4 Å². The number of halogens is 1. The molecule has 4 aromatic rings. The van der Waals surface area contributed by atoms with E-state index in [-0.39, 0.29) is 5.91 Å². The zero-order chi connectivity index (χ0) is 27.1. The Labute approximate surface area is 224 Å². The Morgan fingerprint density at radius 3 is 2.29 bits per heavy atom. The Morgan fingerprint density at radius 1 is 0.947 bits per heavy atom. The molecule has 38 heavy (non-hydrogen) atoms. The zero-order valence-corrected chi connectivity index (χ0v) is 21.5. The van der Waals surface area contributed by atoms with Crippen LogP contribution in [0.1, 0.15) is 19.4 Å². The van der Waals surface area contributed by atoms with E-state index in [0.717, 1.165) is 11.3 Å². The minimum Gasteiger partial charge on any atom is -0.449 e. The molecule has 8 nitrogen and oxygen atoms in total. The molecule has 0 saturated heterocycles. The number of para-hydroxylation sites is 1. The Hall–Kier alpha value is -4.69. The molecule has 9 heteroatoms. The van der Waals surface area contributed by atoms with E-state index in [2.05, 4.69) is 10.6 Å². The molecule has 0 fully saturated rings. The highest BCUT2D eigenvalue weighted by atomic mass is 35.5. The molecule has 1 heterocycles.